The monoisotopic (exact) mass is 259 g/mol. The highest BCUT2D eigenvalue weighted by atomic mass is 32.1. The first-order valence-corrected chi connectivity index (χ1v) is 6.08. The standard InChI is InChI=1S/C10H17N3O3S/c1-6(2)7-8(17-13-12-7)9(15)11-4-10(3,16)5-14/h6,14,16H,4-5H2,1-3H3,(H,11,15). The molecule has 0 aliphatic rings. The van der Waals surface area contributed by atoms with E-state index in [9.17, 15) is 9.90 Å². The molecule has 0 spiro atoms. The summed E-state index contributed by atoms with van der Waals surface area (Å²) in [4.78, 5) is 12.3. The Morgan fingerprint density at radius 3 is 2.76 bits per heavy atom. The molecule has 6 nitrogen and oxygen atoms in total. The number of aliphatic hydroxyl groups excluding tert-OH is 1. The smallest absolute Gasteiger partial charge is 0.265 e. The van der Waals surface area contributed by atoms with E-state index in [1.165, 1.54) is 6.92 Å². The van der Waals surface area contributed by atoms with Crippen LogP contribution in [0.15, 0.2) is 0 Å². The normalized spacial score (nSPS) is 14.7. The van der Waals surface area contributed by atoms with Crippen LogP contribution in [0.3, 0.4) is 0 Å². The molecule has 0 saturated heterocycles. The highest BCUT2D eigenvalue weighted by Gasteiger charge is 2.23. The summed E-state index contributed by atoms with van der Waals surface area (Å²) in [7, 11) is 0. The highest BCUT2D eigenvalue weighted by molar-refractivity contribution is 7.08. The van der Waals surface area contributed by atoms with Crippen molar-refractivity contribution in [1.82, 2.24) is 14.9 Å². The maximum Gasteiger partial charge on any atom is 0.265 e. The molecule has 96 valence electrons. The van der Waals surface area contributed by atoms with Crippen LogP contribution in [0.25, 0.3) is 0 Å². The van der Waals surface area contributed by atoms with Gasteiger partial charge in [-0.2, -0.15) is 0 Å². The van der Waals surface area contributed by atoms with E-state index in [4.69, 9.17) is 5.11 Å². The van der Waals surface area contributed by atoms with Crippen molar-refractivity contribution in [2.45, 2.75) is 32.3 Å². The van der Waals surface area contributed by atoms with E-state index in [0.29, 0.717) is 10.6 Å². The molecule has 17 heavy (non-hydrogen) atoms. The number of carbonyl (C=O) groups is 1. The average molecular weight is 259 g/mol. The van der Waals surface area contributed by atoms with Gasteiger partial charge in [-0.15, -0.1) is 5.10 Å². The number of nitrogens with one attached hydrogen (secondary N) is 1. The molecule has 1 amide bonds. The first-order chi connectivity index (χ1) is 7.87. The molecule has 0 bridgehead atoms. The van der Waals surface area contributed by atoms with Crippen molar-refractivity contribution in [1.29, 1.82) is 0 Å². The largest absolute Gasteiger partial charge is 0.393 e. The zero-order valence-corrected chi connectivity index (χ0v) is 10.9. The number of aliphatic hydroxyl groups is 2. The fourth-order valence-corrected chi connectivity index (χ4v) is 1.88. The number of aromatic nitrogens is 2. The van der Waals surface area contributed by atoms with Gasteiger partial charge in [0.1, 0.15) is 10.5 Å². The molecule has 1 aromatic rings. The molecule has 1 rings (SSSR count). The molecule has 1 unspecified atom stereocenters. The van der Waals surface area contributed by atoms with Crippen molar-refractivity contribution >= 4 is 17.4 Å². The fraction of sp³-hybridized carbons (Fsp3) is 0.700. The second-order valence-corrected chi connectivity index (χ2v) is 5.23. The Kier molecular flexibility index (Phi) is 4.55. The van der Waals surface area contributed by atoms with Gasteiger partial charge in [0.05, 0.1) is 12.3 Å². The van der Waals surface area contributed by atoms with Gasteiger partial charge < -0.3 is 15.5 Å². The molecule has 0 aliphatic carbocycles. The maximum atomic E-state index is 11.8. The number of amides is 1. The molecular formula is C10H17N3O3S. The van der Waals surface area contributed by atoms with Crippen molar-refractivity contribution < 1.29 is 15.0 Å². The Labute approximate surface area is 104 Å². The Morgan fingerprint density at radius 2 is 2.24 bits per heavy atom. The van der Waals surface area contributed by atoms with Gasteiger partial charge in [0.15, 0.2) is 0 Å². The molecule has 0 aromatic carbocycles. The summed E-state index contributed by atoms with van der Waals surface area (Å²) in [6.45, 7) is 4.87. The minimum atomic E-state index is -1.31. The van der Waals surface area contributed by atoms with Crippen molar-refractivity contribution in [3.63, 3.8) is 0 Å². The van der Waals surface area contributed by atoms with Crippen LogP contribution in [0.1, 0.15) is 42.1 Å². The van der Waals surface area contributed by atoms with Crippen LogP contribution in [0.5, 0.6) is 0 Å². The molecule has 0 aliphatic heterocycles. The number of hydrogen-bond donors (Lipinski definition) is 3. The van der Waals surface area contributed by atoms with Crippen LogP contribution in [0, 0.1) is 0 Å². The van der Waals surface area contributed by atoms with Gasteiger partial charge in [0, 0.05) is 6.54 Å². The van der Waals surface area contributed by atoms with E-state index in [0.717, 1.165) is 11.5 Å². The van der Waals surface area contributed by atoms with E-state index in [1.807, 2.05) is 13.8 Å². The first kappa shape index (κ1) is 14.0. The van der Waals surface area contributed by atoms with Gasteiger partial charge in [-0.1, -0.05) is 18.3 Å². The Balaban J connectivity index is 2.68. The van der Waals surface area contributed by atoms with Gasteiger partial charge in [0.25, 0.3) is 5.91 Å². The van der Waals surface area contributed by atoms with Crippen LogP contribution < -0.4 is 5.32 Å². The lowest BCUT2D eigenvalue weighted by Crippen LogP contribution is -2.43. The van der Waals surface area contributed by atoms with Crippen molar-refractivity contribution in [2.75, 3.05) is 13.2 Å². The fourth-order valence-electron chi connectivity index (χ4n) is 1.14. The van der Waals surface area contributed by atoms with Gasteiger partial charge >= 0.3 is 0 Å². The predicted molar refractivity (Wildman–Crippen MR) is 64.0 cm³/mol. The SMILES string of the molecule is CC(C)c1nnsc1C(=O)NCC(C)(O)CO. The second kappa shape index (κ2) is 5.52. The molecule has 0 fully saturated rings. The van der Waals surface area contributed by atoms with Gasteiger partial charge in [-0.05, 0) is 24.4 Å². The zero-order chi connectivity index (χ0) is 13.1. The van der Waals surface area contributed by atoms with Crippen LogP contribution >= 0.6 is 11.5 Å². The van der Waals surface area contributed by atoms with E-state index in [-0.39, 0.29) is 18.4 Å². The lowest BCUT2D eigenvalue weighted by molar-refractivity contribution is 0.00322. The van der Waals surface area contributed by atoms with Crippen molar-refractivity contribution in [3.05, 3.63) is 10.6 Å². The van der Waals surface area contributed by atoms with E-state index in [1.54, 1.807) is 0 Å². The van der Waals surface area contributed by atoms with E-state index in [2.05, 4.69) is 14.9 Å². The lowest BCUT2D eigenvalue weighted by atomic mass is 10.1. The second-order valence-electron chi connectivity index (χ2n) is 4.48. The third kappa shape index (κ3) is 3.72. The summed E-state index contributed by atoms with van der Waals surface area (Å²) in [5, 5.41) is 24.9. The van der Waals surface area contributed by atoms with Crippen LogP contribution in [-0.4, -0.2) is 44.5 Å². The summed E-state index contributed by atoms with van der Waals surface area (Å²) >= 11 is 1.03. The van der Waals surface area contributed by atoms with Crippen LogP contribution in [0.2, 0.25) is 0 Å². The third-order valence-electron chi connectivity index (χ3n) is 2.24. The van der Waals surface area contributed by atoms with Crippen molar-refractivity contribution in [2.24, 2.45) is 0 Å². The zero-order valence-electron chi connectivity index (χ0n) is 10.1. The number of rotatable bonds is 5. The molecule has 1 heterocycles. The van der Waals surface area contributed by atoms with E-state index < -0.39 is 12.2 Å². The van der Waals surface area contributed by atoms with Crippen LogP contribution in [-0.2, 0) is 0 Å². The molecule has 1 aromatic heterocycles. The average Bonchev–Trinajstić information content (AvgIpc) is 2.75. The quantitative estimate of drug-likeness (QED) is 0.699. The molecule has 3 N–H and O–H groups in total. The highest BCUT2D eigenvalue weighted by Crippen LogP contribution is 2.19. The Morgan fingerprint density at radius 1 is 1.59 bits per heavy atom. The maximum absolute atomic E-state index is 11.8. The molecule has 0 saturated carbocycles. The lowest BCUT2D eigenvalue weighted by Gasteiger charge is -2.20. The summed E-state index contributed by atoms with van der Waals surface area (Å²) in [5.74, 6) is -0.203. The molecular weight excluding hydrogens is 242 g/mol. The summed E-state index contributed by atoms with van der Waals surface area (Å²) in [6, 6.07) is 0. The van der Waals surface area contributed by atoms with Crippen LogP contribution in [0.4, 0.5) is 0 Å². The van der Waals surface area contributed by atoms with Crippen molar-refractivity contribution in [3.8, 4) is 0 Å². The third-order valence-corrected chi connectivity index (χ3v) is 2.98. The minimum Gasteiger partial charge on any atom is -0.393 e. The molecule has 1 atom stereocenters. The number of hydrogen-bond acceptors (Lipinski definition) is 6. The topological polar surface area (TPSA) is 95.3 Å². The van der Waals surface area contributed by atoms with Gasteiger partial charge in [-0.25, -0.2) is 0 Å². The van der Waals surface area contributed by atoms with E-state index >= 15 is 0 Å². The van der Waals surface area contributed by atoms with Gasteiger partial charge in [0.2, 0.25) is 0 Å². The first-order valence-electron chi connectivity index (χ1n) is 5.31. The summed E-state index contributed by atoms with van der Waals surface area (Å²) in [6.07, 6.45) is 0. The Bertz CT molecular complexity index is 390. The number of carbonyl (C=O) groups excluding carboxylic acids is 1. The Hall–Kier alpha value is -1.05. The van der Waals surface area contributed by atoms with Gasteiger partial charge in [-0.3, -0.25) is 4.79 Å². The summed E-state index contributed by atoms with van der Waals surface area (Å²) < 4.78 is 3.75. The predicted octanol–water partition coefficient (Wildman–Crippen LogP) is 0.135. The summed E-state index contributed by atoms with van der Waals surface area (Å²) in [5.41, 5.74) is -0.665. The molecule has 0 radical (unpaired) electrons. The molecule has 7 heteroatoms. The number of nitrogens with zero attached hydrogens (tertiary/aromatic N) is 2. The minimum absolute atomic E-state index is 0.0161.